The van der Waals surface area contributed by atoms with Crippen LogP contribution in [0.3, 0.4) is 0 Å². The third-order valence-corrected chi connectivity index (χ3v) is 4.55. The number of esters is 1. The van der Waals surface area contributed by atoms with E-state index >= 15 is 0 Å². The highest BCUT2D eigenvalue weighted by molar-refractivity contribution is 5.83. The number of nitrogens with zero attached hydrogens (tertiary/aromatic N) is 1. The summed E-state index contributed by atoms with van der Waals surface area (Å²) in [5, 5.41) is 0. The van der Waals surface area contributed by atoms with Gasteiger partial charge in [-0.25, -0.2) is 0 Å². The second kappa shape index (κ2) is 11.8. The van der Waals surface area contributed by atoms with Crippen LogP contribution in [0.25, 0.3) is 0 Å². The fourth-order valence-corrected chi connectivity index (χ4v) is 3.03. The van der Waals surface area contributed by atoms with Crippen LogP contribution in [0.2, 0.25) is 0 Å². The van der Waals surface area contributed by atoms with Gasteiger partial charge in [0.15, 0.2) is 0 Å². The van der Waals surface area contributed by atoms with Gasteiger partial charge in [-0.05, 0) is 24.8 Å². The molecule has 5 nitrogen and oxygen atoms in total. The van der Waals surface area contributed by atoms with Crippen LogP contribution in [0.1, 0.15) is 50.5 Å². The molecule has 5 heteroatoms. The molecule has 0 bridgehead atoms. The molecule has 1 aromatic rings. The van der Waals surface area contributed by atoms with E-state index in [1.807, 2.05) is 36.4 Å². The lowest BCUT2D eigenvalue weighted by Gasteiger charge is -2.28. The molecular formula is C23H27NO4. The third kappa shape index (κ3) is 7.40. The van der Waals surface area contributed by atoms with Crippen molar-refractivity contribution in [1.29, 1.82) is 0 Å². The number of rotatable bonds is 8. The van der Waals surface area contributed by atoms with Crippen molar-refractivity contribution in [3.8, 4) is 11.8 Å². The number of piperidine rings is 1. The van der Waals surface area contributed by atoms with Crippen molar-refractivity contribution in [2.24, 2.45) is 0 Å². The molecule has 148 valence electrons. The average Bonchev–Trinajstić information content (AvgIpc) is 2.70. The summed E-state index contributed by atoms with van der Waals surface area (Å²) in [6.07, 6.45) is 6.28. The summed E-state index contributed by atoms with van der Waals surface area (Å²) in [5.74, 6) is 5.96. The molecule has 1 heterocycles. The zero-order valence-electron chi connectivity index (χ0n) is 16.4. The fraction of sp³-hybridized carbons (Fsp3) is 0.435. The molecule has 1 fully saturated rings. The first kappa shape index (κ1) is 21.4. The molecule has 1 amide bonds. The molecular weight excluding hydrogens is 354 g/mol. The summed E-state index contributed by atoms with van der Waals surface area (Å²) in [5.41, 5.74) is 1.89. The Balaban J connectivity index is 1.87. The van der Waals surface area contributed by atoms with E-state index in [2.05, 4.69) is 16.6 Å². The molecule has 0 N–H and O–H groups in total. The van der Waals surface area contributed by atoms with Crippen molar-refractivity contribution in [3.05, 3.63) is 47.7 Å². The predicted octanol–water partition coefficient (Wildman–Crippen LogP) is 3.43. The zero-order chi connectivity index (χ0) is 20.2. The first-order valence-corrected chi connectivity index (χ1v) is 9.67. The maximum absolute atomic E-state index is 12.3. The Kier molecular flexibility index (Phi) is 9.00. The van der Waals surface area contributed by atoms with E-state index in [1.54, 1.807) is 4.90 Å². The van der Waals surface area contributed by atoms with E-state index < -0.39 is 0 Å². The molecule has 0 spiro atoms. The van der Waals surface area contributed by atoms with Crippen molar-refractivity contribution in [1.82, 2.24) is 4.90 Å². The van der Waals surface area contributed by atoms with Gasteiger partial charge in [-0.3, -0.25) is 14.4 Å². The van der Waals surface area contributed by atoms with E-state index in [0.717, 1.165) is 24.1 Å². The smallest absolute Gasteiger partial charge is 0.305 e. The monoisotopic (exact) mass is 381 g/mol. The number of ether oxygens (including phenoxy) is 1. The number of carbonyl (C=O) groups excluding carboxylic acids is 3. The minimum absolute atomic E-state index is 0.0527. The largest absolute Gasteiger partial charge is 0.469 e. The van der Waals surface area contributed by atoms with E-state index in [-0.39, 0.29) is 17.7 Å². The van der Waals surface area contributed by atoms with Gasteiger partial charge in [0.1, 0.15) is 5.78 Å². The summed E-state index contributed by atoms with van der Waals surface area (Å²) in [6, 6.07) is 9.66. The lowest BCUT2D eigenvalue weighted by atomic mass is 10.0. The van der Waals surface area contributed by atoms with Crippen molar-refractivity contribution in [2.45, 2.75) is 51.4 Å². The minimum Gasteiger partial charge on any atom is -0.469 e. The quantitative estimate of drug-likeness (QED) is 0.393. The molecule has 0 saturated carbocycles. The number of likely N-dealkylation sites (tertiary alicyclic amines) is 1. The fourth-order valence-electron chi connectivity index (χ4n) is 3.03. The predicted molar refractivity (Wildman–Crippen MR) is 107 cm³/mol. The Morgan fingerprint density at radius 2 is 1.96 bits per heavy atom. The number of hydrogen-bond donors (Lipinski definition) is 0. The number of methoxy groups -OCH3 is 1. The standard InChI is InChI=1S/C23H27NO4/c1-28-23(27)14-7-2-3-8-17-24-20(12-9-13-22(24)26)15-16-21(25)18-19-10-5-4-6-11-19/h4-6,10-11,15H,2,7,9,12-14,16-18H2,1H3. The SMILES string of the molecule is COC(=O)CCCC#CCN1C(=O)CCCC1=CCC(=O)Cc1ccccc1. The zero-order valence-corrected chi connectivity index (χ0v) is 16.4. The Morgan fingerprint density at radius 1 is 1.18 bits per heavy atom. The van der Waals surface area contributed by atoms with Gasteiger partial charge in [0, 0.05) is 37.8 Å². The highest BCUT2D eigenvalue weighted by Gasteiger charge is 2.22. The van der Waals surface area contributed by atoms with Gasteiger partial charge in [-0.15, -0.1) is 5.92 Å². The van der Waals surface area contributed by atoms with Gasteiger partial charge < -0.3 is 9.64 Å². The first-order valence-electron chi connectivity index (χ1n) is 9.67. The van der Waals surface area contributed by atoms with Crippen molar-refractivity contribution in [3.63, 3.8) is 0 Å². The Morgan fingerprint density at radius 3 is 2.71 bits per heavy atom. The molecule has 1 aliphatic heterocycles. The maximum atomic E-state index is 12.3. The topological polar surface area (TPSA) is 63.7 Å². The molecule has 2 rings (SSSR count). The summed E-state index contributed by atoms with van der Waals surface area (Å²) in [6.45, 7) is 0.329. The summed E-state index contributed by atoms with van der Waals surface area (Å²) >= 11 is 0. The number of Topliss-reactive ketones (excluding diaryl/α,β-unsaturated/α-hetero) is 1. The van der Waals surface area contributed by atoms with E-state index in [0.29, 0.717) is 45.1 Å². The van der Waals surface area contributed by atoms with Gasteiger partial charge in [0.2, 0.25) is 5.91 Å². The number of unbranched alkanes of at least 4 members (excludes halogenated alkanes) is 1. The maximum Gasteiger partial charge on any atom is 0.305 e. The van der Waals surface area contributed by atoms with Crippen molar-refractivity contribution >= 4 is 17.7 Å². The van der Waals surface area contributed by atoms with Crippen molar-refractivity contribution in [2.75, 3.05) is 13.7 Å². The molecule has 28 heavy (non-hydrogen) atoms. The number of allylic oxidation sites excluding steroid dienone is 2. The van der Waals surface area contributed by atoms with Crippen LogP contribution in [0, 0.1) is 11.8 Å². The molecule has 1 aromatic carbocycles. The highest BCUT2D eigenvalue weighted by Crippen LogP contribution is 2.22. The normalized spacial score (nSPS) is 15.1. The lowest BCUT2D eigenvalue weighted by Crippen LogP contribution is -2.34. The molecule has 1 aliphatic rings. The van der Waals surface area contributed by atoms with Crippen molar-refractivity contribution < 1.29 is 19.1 Å². The van der Waals surface area contributed by atoms with E-state index in [9.17, 15) is 14.4 Å². The van der Waals surface area contributed by atoms with Gasteiger partial charge >= 0.3 is 5.97 Å². The molecule has 0 aromatic heterocycles. The third-order valence-electron chi connectivity index (χ3n) is 4.55. The lowest BCUT2D eigenvalue weighted by molar-refractivity contribution is -0.140. The Labute approximate surface area is 166 Å². The van der Waals surface area contributed by atoms with Crippen LogP contribution in [0.15, 0.2) is 42.1 Å². The van der Waals surface area contributed by atoms with Gasteiger partial charge in [-0.1, -0.05) is 42.3 Å². The number of ketones is 1. The van der Waals surface area contributed by atoms with Crippen LogP contribution in [0.5, 0.6) is 0 Å². The minimum atomic E-state index is -0.238. The van der Waals surface area contributed by atoms with Gasteiger partial charge in [-0.2, -0.15) is 0 Å². The molecule has 0 unspecified atom stereocenters. The second-order valence-corrected chi connectivity index (χ2v) is 6.72. The second-order valence-electron chi connectivity index (χ2n) is 6.72. The van der Waals surface area contributed by atoms with Gasteiger partial charge in [0.25, 0.3) is 0 Å². The molecule has 0 atom stereocenters. The van der Waals surface area contributed by atoms with Gasteiger partial charge in [0.05, 0.1) is 13.7 Å². The number of benzene rings is 1. The highest BCUT2D eigenvalue weighted by atomic mass is 16.5. The van der Waals surface area contributed by atoms with E-state index in [1.165, 1.54) is 7.11 Å². The van der Waals surface area contributed by atoms with Crippen LogP contribution < -0.4 is 0 Å². The van der Waals surface area contributed by atoms with Crippen LogP contribution in [-0.2, 0) is 25.5 Å². The summed E-state index contributed by atoms with van der Waals surface area (Å²) in [4.78, 5) is 37.3. The number of hydrogen-bond acceptors (Lipinski definition) is 4. The first-order chi connectivity index (χ1) is 13.6. The van der Waals surface area contributed by atoms with Crippen LogP contribution in [0.4, 0.5) is 0 Å². The Bertz CT molecular complexity index is 771. The number of carbonyl (C=O) groups is 3. The molecule has 1 saturated heterocycles. The van der Waals surface area contributed by atoms with Crippen LogP contribution in [-0.4, -0.2) is 36.2 Å². The summed E-state index contributed by atoms with van der Waals surface area (Å²) < 4.78 is 4.59. The van der Waals surface area contributed by atoms with E-state index in [4.69, 9.17) is 0 Å². The molecule has 0 radical (unpaired) electrons. The Hall–Kier alpha value is -2.87. The summed E-state index contributed by atoms with van der Waals surface area (Å²) in [7, 11) is 1.37. The molecule has 0 aliphatic carbocycles. The number of amides is 1. The average molecular weight is 381 g/mol. The van der Waals surface area contributed by atoms with Crippen LogP contribution >= 0.6 is 0 Å².